The minimum absolute atomic E-state index is 0.140. The van der Waals surface area contributed by atoms with Crippen LogP contribution in [0.25, 0.3) is 0 Å². The standard InChI is InChI=1S/C16H18BrNO/c1-16-10-5-8-13(17)15(16)18(14(19)9-11-16)12-6-3-2-4-7-12/h2-4,6-7H,5,8-11H2,1H3. The molecule has 0 aromatic heterocycles. The number of amides is 1. The van der Waals surface area contributed by atoms with E-state index in [1.165, 1.54) is 23.0 Å². The Balaban J connectivity index is 2.13. The molecule has 19 heavy (non-hydrogen) atoms. The molecule has 1 saturated heterocycles. The number of anilines is 1. The molecule has 1 atom stereocenters. The maximum atomic E-state index is 12.4. The van der Waals surface area contributed by atoms with Crippen LogP contribution >= 0.6 is 15.9 Å². The van der Waals surface area contributed by atoms with E-state index in [-0.39, 0.29) is 11.3 Å². The van der Waals surface area contributed by atoms with E-state index in [1.54, 1.807) is 0 Å². The van der Waals surface area contributed by atoms with E-state index in [0.717, 1.165) is 18.5 Å². The first-order valence-corrected chi connectivity index (χ1v) is 7.68. The molecule has 0 N–H and O–H groups in total. The Hall–Kier alpha value is -1.09. The quantitative estimate of drug-likeness (QED) is 0.740. The molecule has 0 radical (unpaired) electrons. The highest BCUT2D eigenvalue weighted by molar-refractivity contribution is 9.11. The predicted octanol–water partition coefficient (Wildman–Crippen LogP) is 4.61. The molecule has 3 heteroatoms. The van der Waals surface area contributed by atoms with Gasteiger partial charge in [0, 0.05) is 27.7 Å². The fourth-order valence-corrected chi connectivity index (χ4v) is 4.24. The Kier molecular flexibility index (Phi) is 3.25. The predicted molar refractivity (Wildman–Crippen MR) is 81.1 cm³/mol. The summed E-state index contributed by atoms with van der Waals surface area (Å²) in [6.45, 7) is 2.30. The first-order valence-electron chi connectivity index (χ1n) is 6.89. The third-order valence-corrected chi connectivity index (χ3v) is 5.10. The molecule has 1 aliphatic carbocycles. The van der Waals surface area contributed by atoms with Gasteiger partial charge >= 0.3 is 0 Å². The Bertz CT molecular complexity index is 537. The summed E-state index contributed by atoms with van der Waals surface area (Å²) in [4.78, 5) is 14.3. The number of carbonyl (C=O) groups excluding carboxylic acids is 1. The molecule has 1 amide bonds. The van der Waals surface area contributed by atoms with Crippen molar-refractivity contribution in [1.29, 1.82) is 0 Å². The van der Waals surface area contributed by atoms with E-state index < -0.39 is 0 Å². The van der Waals surface area contributed by atoms with Gasteiger partial charge in [0.2, 0.25) is 5.91 Å². The lowest BCUT2D eigenvalue weighted by Gasteiger charge is -2.46. The second kappa shape index (κ2) is 4.78. The van der Waals surface area contributed by atoms with Gasteiger partial charge in [-0.05, 0) is 37.8 Å². The average Bonchev–Trinajstić information content (AvgIpc) is 2.41. The third kappa shape index (κ3) is 2.14. The van der Waals surface area contributed by atoms with Gasteiger partial charge in [-0.1, -0.05) is 41.1 Å². The van der Waals surface area contributed by atoms with Gasteiger partial charge in [-0.3, -0.25) is 9.69 Å². The summed E-state index contributed by atoms with van der Waals surface area (Å²) >= 11 is 3.72. The molecule has 1 unspecified atom stereocenters. The number of hydrogen-bond acceptors (Lipinski definition) is 1. The first kappa shape index (κ1) is 12.9. The molecule has 100 valence electrons. The van der Waals surface area contributed by atoms with Crippen molar-refractivity contribution in [2.24, 2.45) is 5.41 Å². The SMILES string of the molecule is CC12CCCC(Br)=C1N(c1ccccc1)C(=O)CC2. The highest BCUT2D eigenvalue weighted by Gasteiger charge is 2.43. The number of para-hydroxylation sites is 1. The van der Waals surface area contributed by atoms with Crippen LogP contribution in [0.15, 0.2) is 40.5 Å². The monoisotopic (exact) mass is 319 g/mol. The summed E-state index contributed by atoms with van der Waals surface area (Å²) in [6, 6.07) is 10.0. The minimum atomic E-state index is 0.140. The number of carbonyl (C=O) groups is 1. The van der Waals surface area contributed by atoms with Crippen molar-refractivity contribution in [3.8, 4) is 0 Å². The number of fused-ring (bicyclic) bond motifs is 1. The van der Waals surface area contributed by atoms with Gasteiger partial charge in [0.1, 0.15) is 0 Å². The number of nitrogens with zero attached hydrogens (tertiary/aromatic N) is 1. The van der Waals surface area contributed by atoms with E-state index in [9.17, 15) is 4.79 Å². The first-order chi connectivity index (χ1) is 9.12. The minimum Gasteiger partial charge on any atom is -0.283 e. The molecule has 1 aromatic rings. The lowest BCUT2D eigenvalue weighted by Crippen LogP contribution is -2.45. The molecule has 1 aliphatic heterocycles. The zero-order chi connectivity index (χ0) is 13.5. The molecule has 2 aliphatic rings. The molecular formula is C16H18BrNO. The summed E-state index contributed by atoms with van der Waals surface area (Å²) in [5, 5.41) is 0. The summed E-state index contributed by atoms with van der Waals surface area (Å²) in [5.74, 6) is 0.220. The molecule has 0 saturated carbocycles. The average molecular weight is 320 g/mol. The highest BCUT2D eigenvalue weighted by atomic mass is 79.9. The van der Waals surface area contributed by atoms with Gasteiger partial charge in [-0.25, -0.2) is 0 Å². The van der Waals surface area contributed by atoms with Crippen molar-refractivity contribution in [3.63, 3.8) is 0 Å². The van der Waals surface area contributed by atoms with Crippen LogP contribution in [0.4, 0.5) is 5.69 Å². The van der Waals surface area contributed by atoms with Crippen molar-refractivity contribution in [3.05, 3.63) is 40.5 Å². The number of allylic oxidation sites excluding steroid dienone is 2. The second-order valence-electron chi connectivity index (χ2n) is 5.73. The zero-order valence-electron chi connectivity index (χ0n) is 11.2. The smallest absolute Gasteiger partial charge is 0.231 e. The largest absolute Gasteiger partial charge is 0.283 e. The molecule has 2 nitrogen and oxygen atoms in total. The Morgan fingerprint density at radius 3 is 2.63 bits per heavy atom. The van der Waals surface area contributed by atoms with E-state index in [4.69, 9.17) is 0 Å². The number of piperidine rings is 1. The molecule has 1 fully saturated rings. The topological polar surface area (TPSA) is 20.3 Å². The van der Waals surface area contributed by atoms with Crippen molar-refractivity contribution in [2.45, 2.75) is 39.0 Å². The normalized spacial score (nSPS) is 27.5. The zero-order valence-corrected chi connectivity index (χ0v) is 12.7. The van der Waals surface area contributed by atoms with Crippen LogP contribution < -0.4 is 4.90 Å². The molecule has 0 bridgehead atoms. The van der Waals surface area contributed by atoms with Crippen molar-refractivity contribution < 1.29 is 4.79 Å². The van der Waals surface area contributed by atoms with Crippen LogP contribution in [0, 0.1) is 5.41 Å². The molecule has 1 aromatic carbocycles. The van der Waals surface area contributed by atoms with Gasteiger partial charge < -0.3 is 0 Å². The number of halogens is 1. The fourth-order valence-electron chi connectivity index (χ4n) is 3.30. The van der Waals surface area contributed by atoms with Crippen molar-refractivity contribution in [2.75, 3.05) is 4.90 Å². The summed E-state index contributed by atoms with van der Waals surface area (Å²) in [6.07, 6.45) is 5.04. The van der Waals surface area contributed by atoms with Crippen LogP contribution in [-0.2, 0) is 4.79 Å². The second-order valence-corrected chi connectivity index (χ2v) is 6.69. The van der Waals surface area contributed by atoms with E-state index in [1.807, 2.05) is 35.2 Å². The van der Waals surface area contributed by atoms with Crippen LogP contribution in [0.2, 0.25) is 0 Å². The molecule has 1 heterocycles. The van der Waals surface area contributed by atoms with E-state index >= 15 is 0 Å². The lowest BCUT2D eigenvalue weighted by molar-refractivity contribution is -0.120. The van der Waals surface area contributed by atoms with Crippen LogP contribution in [0.1, 0.15) is 39.0 Å². The van der Waals surface area contributed by atoms with E-state index in [0.29, 0.717) is 6.42 Å². The van der Waals surface area contributed by atoms with Gasteiger partial charge in [0.15, 0.2) is 0 Å². The molecule has 3 rings (SSSR count). The number of hydrogen-bond donors (Lipinski definition) is 0. The van der Waals surface area contributed by atoms with Crippen LogP contribution in [0.5, 0.6) is 0 Å². The Labute approximate surface area is 122 Å². The summed E-state index contributed by atoms with van der Waals surface area (Å²) in [5.41, 5.74) is 2.33. The van der Waals surface area contributed by atoms with E-state index in [2.05, 4.69) is 22.9 Å². The van der Waals surface area contributed by atoms with Crippen LogP contribution in [0.3, 0.4) is 0 Å². The third-order valence-electron chi connectivity index (χ3n) is 4.33. The summed E-state index contributed by atoms with van der Waals surface area (Å²) in [7, 11) is 0. The van der Waals surface area contributed by atoms with Gasteiger partial charge in [-0.15, -0.1) is 0 Å². The molecular weight excluding hydrogens is 302 g/mol. The molecule has 0 spiro atoms. The van der Waals surface area contributed by atoms with Crippen LogP contribution in [-0.4, -0.2) is 5.91 Å². The number of benzene rings is 1. The van der Waals surface area contributed by atoms with Crippen molar-refractivity contribution >= 4 is 27.5 Å². The highest BCUT2D eigenvalue weighted by Crippen LogP contribution is 2.51. The van der Waals surface area contributed by atoms with Crippen molar-refractivity contribution in [1.82, 2.24) is 0 Å². The Morgan fingerprint density at radius 1 is 1.16 bits per heavy atom. The summed E-state index contributed by atoms with van der Waals surface area (Å²) < 4.78 is 1.21. The van der Waals surface area contributed by atoms with Gasteiger partial charge in [0.25, 0.3) is 0 Å². The fraction of sp³-hybridized carbons (Fsp3) is 0.438. The maximum absolute atomic E-state index is 12.4. The maximum Gasteiger partial charge on any atom is 0.231 e. The Morgan fingerprint density at radius 2 is 1.89 bits per heavy atom. The van der Waals surface area contributed by atoms with Gasteiger partial charge in [0.05, 0.1) is 0 Å². The lowest BCUT2D eigenvalue weighted by atomic mass is 9.71. The number of rotatable bonds is 1. The van der Waals surface area contributed by atoms with Gasteiger partial charge in [-0.2, -0.15) is 0 Å².